The van der Waals surface area contributed by atoms with E-state index in [0.717, 1.165) is 29.5 Å². The molecule has 0 spiro atoms. The molecule has 0 bridgehead atoms. The molecule has 5 heteroatoms. The van der Waals surface area contributed by atoms with Crippen molar-refractivity contribution in [1.29, 1.82) is 0 Å². The van der Waals surface area contributed by atoms with Crippen LogP contribution in [0.15, 0.2) is 18.5 Å². The van der Waals surface area contributed by atoms with Crippen molar-refractivity contribution in [3.63, 3.8) is 0 Å². The fourth-order valence-corrected chi connectivity index (χ4v) is 3.88. The fraction of sp³-hybridized carbons (Fsp3) is 0.467. The minimum Gasteiger partial charge on any atom is -0.397 e. The van der Waals surface area contributed by atoms with Crippen LogP contribution >= 0.6 is 11.3 Å². The Morgan fingerprint density at radius 1 is 1.45 bits per heavy atom. The second-order valence-corrected chi connectivity index (χ2v) is 6.47. The lowest BCUT2D eigenvalue weighted by Gasteiger charge is -2.26. The number of aromatic nitrogens is 1. The van der Waals surface area contributed by atoms with Crippen LogP contribution in [0, 0.1) is 0 Å². The Kier molecular flexibility index (Phi) is 3.61. The molecule has 3 rings (SSSR count). The minimum absolute atomic E-state index is 0.0816. The lowest BCUT2D eigenvalue weighted by Crippen LogP contribution is -2.38. The number of nitrogens with zero attached hydrogens (tertiary/aromatic N) is 2. The molecular weight excluding hydrogens is 270 g/mol. The third kappa shape index (κ3) is 2.26. The van der Waals surface area contributed by atoms with E-state index in [9.17, 15) is 4.79 Å². The summed E-state index contributed by atoms with van der Waals surface area (Å²) in [4.78, 5) is 19.5. The van der Waals surface area contributed by atoms with Crippen LogP contribution in [-0.4, -0.2) is 28.4 Å². The van der Waals surface area contributed by atoms with Gasteiger partial charge < -0.3 is 10.6 Å². The predicted molar refractivity (Wildman–Crippen MR) is 83.0 cm³/mol. The Morgan fingerprint density at radius 2 is 2.30 bits per heavy atom. The fourth-order valence-electron chi connectivity index (χ4n) is 2.84. The smallest absolute Gasteiger partial charge is 0.266 e. The summed E-state index contributed by atoms with van der Waals surface area (Å²) in [5.41, 5.74) is 6.77. The number of carbonyl (C=O) groups is 1. The van der Waals surface area contributed by atoms with Gasteiger partial charge in [0.1, 0.15) is 4.88 Å². The number of nitrogens with two attached hydrogens (primary N) is 1. The second-order valence-electron chi connectivity index (χ2n) is 5.41. The molecule has 106 valence electrons. The van der Waals surface area contributed by atoms with E-state index in [1.165, 1.54) is 24.2 Å². The van der Waals surface area contributed by atoms with Gasteiger partial charge >= 0.3 is 0 Å². The van der Waals surface area contributed by atoms with Gasteiger partial charge in [-0.3, -0.25) is 9.78 Å². The van der Waals surface area contributed by atoms with Crippen LogP contribution in [0.3, 0.4) is 0 Å². The molecule has 2 aromatic rings. The first-order chi connectivity index (χ1) is 9.68. The Morgan fingerprint density at radius 3 is 3.10 bits per heavy atom. The highest BCUT2D eigenvalue weighted by Gasteiger charge is 2.26. The van der Waals surface area contributed by atoms with Crippen molar-refractivity contribution < 1.29 is 4.79 Å². The van der Waals surface area contributed by atoms with Crippen LogP contribution in [0.4, 0.5) is 5.69 Å². The van der Waals surface area contributed by atoms with Gasteiger partial charge in [-0.05, 0) is 25.8 Å². The normalized spacial score (nSPS) is 20.1. The summed E-state index contributed by atoms with van der Waals surface area (Å²) in [5.74, 6) is 0.0816. The van der Waals surface area contributed by atoms with Crippen molar-refractivity contribution in [2.24, 2.45) is 0 Å². The number of fused-ring (bicyclic) bond motifs is 1. The summed E-state index contributed by atoms with van der Waals surface area (Å²) in [6.07, 6.45) is 8.07. The van der Waals surface area contributed by atoms with Crippen LogP contribution < -0.4 is 5.73 Å². The number of hydrogen-bond donors (Lipinski definition) is 1. The molecule has 0 saturated carbocycles. The zero-order valence-corrected chi connectivity index (χ0v) is 12.4. The van der Waals surface area contributed by atoms with E-state index in [4.69, 9.17) is 5.73 Å². The first-order valence-electron chi connectivity index (χ1n) is 7.11. The molecule has 1 unspecified atom stereocenters. The summed E-state index contributed by atoms with van der Waals surface area (Å²) < 4.78 is 0.982. The largest absolute Gasteiger partial charge is 0.397 e. The van der Waals surface area contributed by atoms with E-state index in [1.54, 1.807) is 12.4 Å². The van der Waals surface area contributed by atoms with E-state index < -0.39 is 0 Å². The highest BCUT2D eigenvalue weighted by Crippen LogP contribution is 2.34. The van der Waals surface area contributed by atoms with Crippen LogP contribution in [-0.2, 0) is 0 Å². The van der Waals surface area contributed by atoms with Gasteiger partial charge in [0.15, 0.2) is 0 Å². The van der Waals surface area contributed by atoms with Gasteiger partial charge in [0, 0.05) is 30.4 Å². The van der Waals surface area contributed by atoms with Gasteiger partial charge in [0.05, 0.1) is 10.4 Å². The molecule has 0 radical (unpaired) electrons. The van der Waals surface area contributed by atoms with Crippen molar-refractivity contribution in [2.75, 3.05) is 12.3 Å². The molecular formula is C15H19N3OS. The molecule has 1 aliphatic heterocycles. The van der Waals surface area contributed by atoms with Crippen LogP contribution in [0.1, 0.15) is 42.3 Å². The maximum absolute atomic E-state index is 12.8. The summed E-state index contributed by atoms with van der Waals surface area (Å²) in [6.45, 7) is 2.97. The molecule has 1 fully saturated rings. The number of thiophene rings is 1. The van der Waals surface area contributed by atoms with E-state index in [0.29, 0.717) is 16.6 Å². The van der Waals surface area contributed by atoms with Gasteiger partial charge in [-0.15, -0.1) is 11.3 Å². The van der Waals surface area contributed by atoms with Crippen LogP contribution in [0.2, 0.25) is 0 Å². The third-order valence-electron chi connectivity index (χ3n) is 4.04. The number of amides is 1. The Bertz CT molecular complexity index is 637. The van der Waals surface area contributed by atoms with Gasteiger partial charge in [0.25, 0.3) is 5.91 Å². The van der Waals surface area contributed by atoms with Crippen molar-refractivity contribution in [2.45, 2.75) is 38.6 Å². The quantitative estimate of drug-likeness (QED) is 0.876. The average Bonchev–Trinajstić information content (AvgIpc) is 2.64. The van der Waals surface area contributed by atoms with Crippen molar-refractivity contribution in [1.82, 2.24) is 9.88 Å². The molecule has 0 aromatic carbocycles. The first kappa shape index (κ1) is 13.4. The molecule has 2 N–H and O–H groups in total. The molecule has 4 nitrogen and oxygen atoms in total. The van der Waals surface area contributed by atoms with Crippen molar-refractivity contribution in [3.05, 3.63) is 23.3 Å². The molecule has 0 aliphatic carbocycles. The maximum Gasteiger partial charge on any atom is 0.266 e. The molecule has 1 amide bonds. The number of nitrogen functional groups attached to an aromatic ring is 1. The standard InChI is InChI=1S/C15H19N3OS/c1-10-5-3-2-4-8-18(10)15(19)14-13(16)11-6-7-17-9-12(11)20-14/h6-7,9-10H,2-5,8,16H2,1H3. The molecule has 1 saturated heterocycles. The Balaban J connectivity index is 1.97. The minimum atomic E-state index is 0.0816. The second kappa shape index (κ2) is 5.40. The van der Waals surface area contributed by atoms with Crippen LogP contribution in [0.25, 0.3) is 10.1 Å². The Hall–Kier alpha value is -1.62. The summed E-state index contributed by atoms with van der Waals surface area (Å²) in [6, 6.07) is 2.18. The van der Waals surface area contributed by atoms with Gasteiger partial charge in [0.2, 0.25) is 0 Å². The summed E-state index contributed by atoms with van der Waals surface area (Å²) in [5, 5.41) is 0.941. The molecule has 1 aliphatic rings. The lowest BCUT2D eigenvalue weighted by atomic mass is 10.1. The number of likely N-dealkylation sites (tertiary alicyclic amines) is 1. The topological polar surface area (TPSA) is 59.2 Å². The SMILES string of the molecule is CC1CCCCCN1C(=O)c1sc2cnccc2c1N. The van der Waals surface area contributed by atoms with Crippen molar-refractivity contribution >= 4 is 33.0 Å². The number of pyridine rings is 1. The van der Waals surface area contributed by atoms with Gasteiger partial charge in [-0.1, -0.05) is 12.8 Å². The molecule has 2 aromatic heterocycles. The third-order valence-corrected chi connectivity index (χ3v) is 5.18. The molecule has 3 heterocycles. The van der Waals surface area contributed by atoms with E-state index in [2.05, 4.69) is 11.9 Å². The number of carbonyl (C=O) groups excluding carboxylic acids is 1. The first-order valence-corrected chi connectivity index (χ1v) is 7.93. The zero-order valence-electron chi connectivity index (χ0n) is 11.6. The highest BCUT2D eigenvalue weighted by atomic mass is 32.1. The predicted octanol–water partition coefficient (Wildman–Crippen LogP) is 3.28. The van der Waals surface area contributed by atoms with Gasteiger partial charge in [-0.25, -0.2) is 0 Å². The van der Waals surface area contributed by atoms with Crippen molar-refractivity contribution in [3.8, 4) is 0 Å². The van der Waals surface area contributed by atoms with Gasteiger partial charge in [-0.2, -0.15) is 0 Å². The van der Waals surface area contributed by atoms with Crippen LogP contribution in [0.5, 0.6) is 0 Å². The zero-order chi connectivity index (χ0) is 14.1. The lowest BCUT2D eigenvalue weighted by molar-refractivity contribution is 0.0704. The maximum atomic E-state index is 12.8. The monoisotopic (exact) mass is 289 g/mol. The molecule has 1 atom stereocenters. The highest BCUT2D eigenvalue weighted by molar-refractivity contribution is 7.21. The number of hydrogen-bond acceptors (Lipinski definition) is 4. The number of anilines is 1. The summed E-state index contributed by atoms with van der Waals surface area (Å²) in [7, 11) is 0. The molecule has 20 heavy (non-hydrogen) atoms. The van der Waals surface area contributed by atoms with E-state index in [-0.39, 0.29) is 5.91 Å². The Labute approximate surface area is 122 Å². The number of rotatable bonds is 1. The van der Waals surface area contributed by atoms with E-state index >= 15 is 0 Å². The average molecular weight is 289 g/mol. The van der Waals surface area contributed by atoms with E-state index in [1.807, 2.05) is 11.0 Å². The summed E-state index contributed by atoms with van der Waals surface area (Å²) >= 11 is 1.46.